The molecule has 3 aromatic carbocycles. The molecule has 7 heteroatoms. The number of methoxy groups -OCH3 is 1. The van der Waals surface area contributed by atoms with E-state index in [0.29, 0.717) is 22.6 Å². The van der Waals surface area contributed by atoms with Crippen LogP contribution >= 0.6 is 27.5 Å². The maximum Gasteiger partial charge on any atom is 0.337 e. The zero-order valence-electron chi connectivity index (χ0n) is 16.7. The summed E-state index contributed by atoms with van der Waals surface area (Å²) < 4.78 is 5.75. The largest absolute Gasteiger partial charge is 0.508 e. The Morgan fingerprint density at radius 2 is 1.94 bits per heavy atom. The molecule has 0 saturated heterocycles. The molecule has 158 valence electrons. The average molecular weight is 500 g/mol. The second kappa shape index (κ2) is 9.22. The number of nitrogens with zero attached hydrogens (tertiary/aromatic N) is 1. The molecule has 0 fully saturated rings. The molecule has 0 saturated carbocycles. The minimum atomic E-state index is -0.386. The number of phenols is 1. The maximum atomic E-state index is 11.8. The molecule has 0 amide bonds. The van der Waals surface area contributed by atoms with Gasteiger partial charge in [-0.3, -0.25) is 10.3 Å². The van der Waals surface area contributed by atoms with Crippen molar-refractivity contribution in [2.45, 2.75) is 18.6 Å². The first-order valence-corrected chi connectivity index (χ1v) is 10.9. The van der Waals surface area contributed by atoms with E-state index in [2.05, 4.69) is 21.2 Å². The molecule has 3 aromatic rings. The molecule has 2 atom stereocenters. The first-order chi connectivity index (χ1) is 14.9. The van der Waals surface area contributed by atoms with Gasteiger partial charge in [0.2, 0.25) is 0 Å². The summed E-state index contributed by atoms with van der Waals surface area (Å²) in [6, 6.07) is 20.0. The number of hydrogen-bond acceptors (Lipinski definition) is 5. The first-order valence-electron chi connectivity index (χ1n) is 9.70. The highest BCUT2D eigenvalue weighted by molar-refractivity contribution is 9.10. The number of benzene rings is 3. The van der Waals surface area contributed by atoms with E-state index in [9.17, 15) is 9.90 Å². The summed E-state index contributed by atoms with van der Waals surface area (Å²) in [7, 11) is 1.36. The topological polar surface area (TPSA) is 70.9 Å². The molecule has 1 aliphatic rings. The molecule has 0 radical (unpaired) electrons. The molecule has 1 aliphatic heterocycles. The summed E-state index contributed by atoms with van der Waals surface area (Å²) in [5, 5.41) is 14.5. The number of rotatable bonds is 4. The van der Waals surface area contributed by atoms with Gasteiger partial charge in [0.1, 0.15) is 11.9 Å². The minimum Gasteiger partial charge on any atom is -0.508 e. The predicted molar refractivity (Wildman–Crippen MR) is 125 cm³/mol. The standard InChI is InChI=1S/C24H20BrClN2O3/c1-31-24(30)15-7-5-14(6-8-15)23-27-20(16-3-2-4-17(25)11-16)13-21(28-23)19-12-18(26)9-10-22(19)29/h2-12,21,23,28-29H,13H2,1H3. The van der Waals surface area contributed by atoms with E-state index < -0.39 is 0 Å². The van der Waals surface area contributed by atoms with Crippen LogP contribution in [0.15, 0.2) is 76.2 Å². The van der Waals surface area contributed by atoms with Gasteiger partial charge in [0, 0.05) is 33.2 Å². The molecule has 0 spiro atoms. The number of phenolic OH excluding ortho intramolecular Hbond substituents is 1. The van der Waals surface area contributed by atoms with E-state index in [0.717, 1.165) is 21.3 Å². The summed E-state index contributed by atoms with van der Waals surface area (Å²) in [6.07, 6.45) is 0.221. The quantitative estimate of drug-likeness (QED) is 0.444. The lowest BCUT2D eigenvalue weighted by atomic mass is 9.93. The highest BCUT2D eigenvalue weighted by atomic mass is 79.9. The van der Waals surface area contributed by atoms with E-state index in [1.54, 1.807) is 30.3 Å². The Hall–Kier alpha value is -2.67. The molecule has 31 heavy (non-hydrogen) atoms. The molecule has 2 unspecified atom stereocenters. The van der Waals surface area contributed by atoms with Crippen molar-refractivity contribution >= 4 is 39.2 Å². The van der Waals surface area contributed by atoms with Crippen LogP contribution in [-0.2, 0) is 4.74 Å². The fraction of sp³-hybridized carbons (Fsp3) is 0.167. The number of carbonyl (C=O) groups excluding carboxylic acids is 1. The van der Waals surface area contributed by atoms with E-state index in [-0.39, 0.29) is 23.9 Å². The predicted octanol–water partition coefficient (Wildman–Crippen LogP) is 5.82. The van der Waals surface area contributed by atoms with Gasteiger partial charge in [-0.15, -0.1) is 0 Å². The Labute approximate surface area is 193 Å². The van der Waals surface area contributed by atoms with Crippen molar-refractivity contribution in [1.29, 1.82) is 0 Å². The Balaban J connectivity index is 1.74. The van der Waals surface area contributed by atoms with E-state index in [4.69, 9.17) is 21.3 Å². The third kappa shape index (κ3) is 4.82. The fourth-order valence-electron chi connectivity index (χ4n) is 3.64. The zero-order chi connectivity index (χ0) is 22.0. The van der Waals surface area contributed by atoms with E-state index in [1.165, 1.54) is 7.11 Å². The maximum absolute atomic E-state index is 11.8. The molecule has 5 nitrogen and oxygen atoms in total. The Morgan fingerprint density at radius 1 is 1.16 bits per heavy atom. The van der Waals surface area contributed by atoms with Crippen molar-refractivity contribution in [3.05, 3.63) is 98.5 Å². The molecule has 1 heterocycles. The SMILES string of the molecule is COC(=O)c1ccc(C2N=C(c3cccc(Br)c3)CC(c3cc(Cl)ccc3O)N2)cc1. The second-order valence-corrected chi connectivity index (χ2v) is 8.58. The number of aliphatic imine (C=N–C) groups is 1. The number of nitrogens with one attached hydrogen (secondary N) is 1. The van der Waals surface area contributed by atoms with Crippen molar-refractivity contribution in [2.24, 2.45) is 4.99 Å². The summed E-state index contributed by atoms with van der Waals surface area (Å²) in [4.78, 5) is 16.7. The zero-order valence-corrected chi connectivity index (χ0v) is 19.0. The summed E-state index contributed by atoms with van der Waals surface area (Å²) in [5.41, 5.74) is 3.99. The van der Waals surface area contributed by atoms with E-state index in [1.807, 2.05) is 36.4 Å². The van der Waals surface area contributed by atoms with Gasteiger partial charge in [-0.2, -0.15) is 0 Å². The molecular formula is C24H20BrClN2O3. The van der Waals surface area contributed by atoms with E-state index >= 15 is 0 Å². The highest BCUT2D eigenvalue weighted by Gasteiger charge is 2.28. The van der Waals surface area contributed by atoms with Gasteiger partial charge >= 0.3 is 5.97 Å². The fourth-order valence-corrected chi connectivity index (χ4v) is 4.22. The molecular weight excluding hydrogens is 480 g/mol. The Morgan fingerprint density at radius 3 is 2.65 bits per heavy atom. The van der Waals surface area contributed by atoms with Gasteiger partial charge in [0.25, 0.3) is 0 Å². The van der Waals surface area contributed by atoms with Gasteiger partial charge in [-0.25, -0.2) is 4.79 Å². The number of ether oxygens (including phenoxy) is 1. The minimum absolute atomic E-state index is 0.178. The molecule has 0 aromatic heterocycles. The number of hydrogen-bond donors (Lipinski definition) is 2. The highest BCUT2D eigenvalue weighted by Crippen LogP contribution is 2.36. The normalized spacial score (nSPS) is 18.4. The van der Waals surface area contributed by atoms with Crippen LogP contribution in [0.4, 0.5) is 0 Å². The van der Waals surface area contributed by atoms with Gasteiger partial charge < -0.3 is 9.84 Å². The van der Waals surface area contributed by atoms with Crippen molar-refractivity contribution in [3.8, 4) is 5.75 Å². The van der Waals surface area contributed by atoms with Gasteiger partial charge in [-0.1, -0.05) is 51.8 Å². The number of esters is 1. The summed E-state index contributed by atoms with van der Waals surface area (Å²) >= 11 is 9.73. The second-order valence-electron chi connectivity index (χ2n) is 7.23. The first kappa shape index (κ1) is 21.6. The third-order valence-electron chi connectivity index (χ3n) is 5.21. The van der Waals surface area contributed by atoms with Crippen molar-refractivity contribution in [3.63, 3.8) is 0 Å². The lowest BCUT2D eigenvalue weighted by molar-refractivity contribution is 0.0600. The lowest BCUT2D eigenvalue weighted by Crippen LogP contribution is -2.33. The van der Waals surface area contributed by atoms with Crippen LogP contribution in [0.25, 0.3) is 0 Å². The monoisotopic (exact) mass is 498 g/mol. The summed E-state index contributed by atoms with van der Waals surface area (Å²) in [6.45, 7) is 0. The average Bonchev–Trinajstić information content (AvgIpc) is 2.80. The van der Waals surface area contributed by atoms with Crippen LogP contribution in [0.1, 0.15) is 45.7 Å². The lowest BCUT2D eigenvalue weighted by Gasteiger charge is -2.31. The number of aromatic hydroxyl groups is 1. The molecule has 0 aliphatic carbocycles. The van der Waals surface area contributed by atoms with Crippen LogP contribution in [0.3, 0.4) is 0 Å². The number of carbonyl (C=O) groups is 1. The summed E-state index contributed by atoms with van der Waals surface area (Å²) in [5.74, 6) is -0.208. The van der Waals surface area contributed by atoms with Crippen LogP contribution in [0.2, 0.25) is 5.02 Å². The van der Waals surface area contributed by atoms with Crippen LogP contribution in [0.5, 0.6) is 5.75 Å². The number of halogens is 2. The molecule has 0 bridgehead atoms. The van der Waals surface area contributed by atoms with Gasteiger partial charge in [0.15, 0.2) is 0 Å². The van der Waals surface area contributed by atoms with Gasteiger partial charge in [0.05, 0.1) is 12.7 Å². The molecule has 4 rings (SSSR count). The van der Waals surface area contributed by atoms with Crippen LogP contribution < -0.4 is 5.32 Å². The smallest absolute Gasteiger partial charge is 0.337 e. The van der Waals surface area contributed by atoms with Crippen molar-refractivity contribution in [1.82, 2.24) is 5.32 Å². The Kier molecular flexibility index (Phi) is 6.41. The van der Waals surface area contributed by atoms with Crippen LogP contribution in [0, 0.1) is 0 Å². The Bertz CT molecular complexity index is 1150. The molecule has 2 N–H and O–H groups in total. The van der Waals surface area contributed by atoms with Gasteiger partial charge in [-0.05, 0) is 53.6 Å². The van der Waals surface area contributed by atoms with Crippen LogP contribution in [-0.4, -0.2) is 23.9 Å². The van der Waals surface area contributed by atoms with Crippen molar-refractivity contribution < 1.29 is 14.6 Å². The van der Waals surface area contributed by atoms with Crippen molar-refractivity contribution in [2.75, 3.05) is 7.11 Å². The third-order valence-corrected chi connectivity index (χ3v) is 5.94.